The smallest absolute Gasteiger partial charge is 0.119 e. The van der Waals surface area contributed by atoms with Crippen LogP contribution >= 0.6 is 11.8 Å². The van der Waals surface area contributed by atoms with E-state index in [4.69, 9.17) is 10.5 Å². The summed E-state index contributed by atoms with van der Waals surface area (Å²) in [5.74, 6) is 2.07. The van der Waals surface area contributed by atoms with E-state index < -0.39 is 0 Å². The molecule has 0 spiro atoms. The number of hydrogen-bond donors (Lipinski definition) is 1. The van der Waals surface area contributed by atoms with Crippen LogP contribution in [0.1, 0.15) is 12.0 Å². The third kappa shape index (κ3) is 4.03. The fourth-order valence-electron chi connectivity index (χ4n) is 1.16. The molecule has 78 valence electrons. The van der Waals surface area contributed by atoms with Gasteiger partial charge in [0, 0.05) is 6.54 Å². The van der Waals surface area contributed by atoms with E-state index in [1.807, 2.05) is 36.0 Å². The number of nitrogens with two attached hydrogens (primary N) is 1. The van der Waals surface area contributed by atoms with Crippen molar-refractivity contribution >= 4 is 11.8 Å². The topological polar surface area (TPSA) is 35.2 Å². The summed E-state index contributed by atoms with van der Waals surface area (Å²) in [6, 6.07) is 7.96. The lowest BCUT2D eigenvalue weighted by Crippen LogP contribution is -2.00. The van der Waals surface area contributed by atoms with Crippen LogP contribution in [0.15, 0.2) is 24.3 Å². The molecule has 0 saturated carbocycles. The lowest BCUT2D eigenvalue weighted by Gasteiger charge is -2.06. The second kappa shape index (κ2) is 6.74. The van der Waals surface area contributed by atoms with E-state index in [0.717, 1.165) is 30.1 Å². The number of hydrogen-bond acceptors (Lipinski definition) is 3. The van der Waals surface area contributed by atoms with E-state index in [1.165, 1.54) is 0 Å². The maximum atomic E-state index is 5.58. The van der Waals surface area contributed by atoms with Gasteiger partial charge in [0.15, 0.2) is 0 Å². The lowest BCUT2D eigenvalue weighted by molar-refractivity contribution is 0.318. The zero-order valence-corrected chi connectivity index (χ0v) is 9.35. The molecule has 0 aliphatic heterocycles. The Labute approximate surface area is 89.8 Å². The van der Waals surface area contributed by atoms with Crippen molar-refractivity contribution in [3.05, 3.63) is 29.8 Å². The quantitative estimate of drug-likeness (QED) is 0.733. The van der Waals surface area contributed by atoms with Crippen molar-refractivity contribution in [3.8, 4) is 5.75 Å². The highest BCUT2D eigenvalue weighted by atomic mass is 32.2. The SMILES string of the molecule is CSCCCOc1cccc(CN)c1. The van der Waals surface area contributed by atoms with Gasteiger partial charge in [-0.15, -0.1) is 0 Å². The Kier molecular flexibility index (Phi) is 5.49. The Morgan fingerprint density at radius 2 is 2.29 bits per heavy atom. The molecule has 0 fully saturated rings. The molecule has 0 saturated heterocycles. The molecule has 14 heavy (non-hydrogen) atoms. The van der Waals surface area contributed by atoms with Gasteiger partial charge in [0.1, 0.15) is 5.75 Å². The first-order valence-electron chi connectivity index (χ1n) is 4.77. The molecule has 1 aromatic carbocycles. The van der Waals surface area contributed by atoms with E-state index in [-0.39, 0.29) is 0 Å². The minimum Gasteiger partial charge on any atom is -0.494 e. The molecule has 3 heteroatoms. The summed E-state index contributed by atoms with van der Waals surface area (Å²) < 4.78 is 5.58. The normalized spacial score (nSPS) is 10.1. The maximum absolute atomic E-state index is 5.58. The molecule has 0 atom stereocenters. The van der Waals surface area contributed by atoms with Crippen LogP contribution in [0.4, 0.5) is 0 Å². The molecular formula is C11H17NOS. The second-order valence-corrected chi connectivity index (χ2v) is 4.03. The largest absolute Gasteiger partial charge is 0.494 e. The van der Waals surface area contributed by atoms with Crippen molar-refractivity contribution in [1.29, 1.82) is 0 Å². The fourth-order valence-corrected chi connectivity index (χ4v) is 1.56. The predicted molar refractivity (Wildman–Crippen MR) is 62.8 cm³/mol. The zero-order valence-electron chi connectivity index (χ0n) is 8.53. The van der Waals surface area contributed by atoms with Gasteiger partial charge in [0.05, 0.1) is 6.61 Å². The summed E-state index contributed by atoms with van der Waals surface area (Å²) in [6.45, 7) is 1.36. The fraction of sp³-hybridized carbons (Fsp3) is 0.455. The third-order valence-electron chi connectivity index (χ3n) is 1.90. The molecular weight excluding hydrogens is 194 g/mol. The molecule has 0 unspecified atom stereocenters. The van der Waals surface area contributed by atoms with Crippen molar-refractivity contribution < 1.29 is 4.74 Å². The van der Waals surface area contributed by atoms with Crippen LogP contribution in [-0.2, 0) is 6.54 Å². The Morgan fingerprint density at radius 3 is 3.00 bits per heavy atom. The summed E-state index contributed by atoms with van der Waals surface area (Å²) in [7, 11) is 0. The maximum Gasteiger partial charge on any atom is 0.119 e. The van der Waals surface area contributed by atoms with Gasteiger partial charge < -0.3 is 10.5 Å². The number of ether oxygens (including phenoxy) is 1. The van der Waals surface area contributed by atoms with Crippen molar-refractivity contribution in [2.24, 2.45) is 5.73 Å². The molecule has 0 aromatic heterocycles. The summed E-state index contributed by atoms with van der Waals surface area (Å²) in [5.41, 5.74) is 6.65. The Balaban J connectivity index is 2.34. The molecule has 0 aliphatic carbocycles. The van der Waals surface area contributed by atoms with Gasteiger partial charge in [0.25, 0.3) is 0 Å². The van der Waals surface area contributed by atoms with Crippen LogP contribution in [0.2, 0.25) is 0 Å². The van der Waals surface area contributed by atoms with Crippen LogP contribution in [0, 0.1) is 0 Å². The molecule has 0 heterocycles. The monoisotopic (exact) mass is 211 g/mol. The van der Waals surface area contributed by atoms with Gasteiger partial charge in [-0.05, 0) is 36.1 Å². The van der Waals surface area contributed by atoms with E-state index in [1.54, 1.807) is 0 Å². The van der Waals surface area contributed by atoms with Crippen molar-refractivity contribution in [2.45, 2.75) is 13.0 Å². The van der Waals surface area contributed by atoms with E-state index in [9.17, 15) is 0 Å². The van der Waals surface area contributed by atoms with Crippen molar-refractivity contribution in [2.75, 3.05) is 18.6 Å². The van der Waals surface area contributed by atoms with E-state index in [2.05, 4.69) is 6.26 Å². The minimum absolute atomic E-state index is 0.571. The Hall–Kier alpha value is -0.670. The molecule has 2 nitrogen and oxygen atoms in total. The van der Waals surface area contributed by atoms with Crippen LogP contribution in [0.3, 0.4) is 0 Å². The summed E-state index contributed by atoms with van der Waals surface area (Å²) >= 11 is 1.84. The highest BCUT2D eigenvalue weighted by molar-refractivity contribution is 7.98. The highest BCUT2D eigenvalue weighted by Crippen LogP contribution is 2.13. The molecule has 0 bridgehead atoms. The highest BCUT2D eigenvalue weighted by Gasteiger charge is 1.94. The molecule has 0 radical (unpaired) electrons. The van der Waals surface area contributed by atoms with E-state index >= 15 is 0 Å². The number of thioether (sulfide) groups is 1. The summed E-state index contributed by atoms with van der Waals surface area (Å²) in [6.07, 6.45) is 3.20. The number of benzene rings is 1. The van der Waals surface area contributed by atoms with Gasteiger partial charge in [-0.3, -0.25) is 0 Å². The Bertz CT molecular complexity index is 265. The second-order valence-electron chi connectivity index (χ2n) is 3.05. The molecule has 1 rings (SSSR count). The van der Waals surface area contributed by atoms with Crippen molar-refractivity contribution in [1.82, 2.24) is 0 Å². The van der Waals surface area contributed by atoms with Crippen molar-refractivity contribution in [3.63, 3.8) is 0 Å². The van der Waals surface area contributed by atoms with Crippen LogP contribution < -0.4 is 10.5 Å². The zero-order chi connectivity index (χ0) is 10.2. The van der Waals surface area contributed by atoms with Crippen LogP contribution in [0.5, 0.6) is 5.75 Å². The molecule has 1 aromatic rings. The number of rotatable bonds is 6. The summed E-state index contributed by atoms with van der Waals surface area (Å²) in [4.78, 5) is 0. The van der Waals surface area contributed by atoms with E-state index in [0.29, 0.717) is 6.54 Å². The minimum atomic E-state index is 0.571. The first kappa shape index (κ1) is 11.4. The lowest BCUT2D eigenvalue weighted by atomic mass is 10.2. The van der Waals surface area contributed by atoms with Crippen LogP contribution in [-0.4, -0.2) is 18.6 Å². The first-order chi connectivity index (χ1) is 6.86. The average Bonchev–Trinajstić information content (AvgIpc) is 2.25. The van der Waals surface area contributed by atoms with Gasteiger partial charge in [-0.1, -0.05) is 12.1 Å². The van der Waals surface area contributed by atoms with Gasteiger partial charge in [-0.2, -0.15) is 11.8 Å². The Morgan fingerprint density at radius 1 is 1.43 bits per heavy atom. The average molecular weight is 211 g/mol. The third-order valence-corrected chi connectivity index (χ3v) is 2.59. The van der Waals surface area contributed by atoms with Gasteiger partial charge >= 0.3 is 0 Å². The molecule has 2 N–H and O–H groups in total. The predicted octanol–water partition coefficient (Wildman–Crippen LogP) is 2.28. The molecule has 0 amide bonds. The van der Waals surface area contributed by atoms with Gasteiger partial charge in [0.2, 0.25) is 0 Å². The van der Waals surface area contributed by atoms with Crippen LogP contribution in [0.25, 0.3) is 0 Å². The molecule has 0 aliphatic rings. The standard InChI is InChI=1S/C11H17NOS/c1-14-7-3-6-13-11-5-2-4-10(8-11)9-12/h2,4-5,8H,3,6-7,9,12H2,1H3. The first-order valence-corrected chi connectivity index (χ1v) is 6.17. The van der Waals surface area contributed by atoms with Gasteiger partial charge in [-0.25, -0.2) is 0 Å². The summed E-state index contributed by atoms with van der Waals surface area (Å²) in [5, 5.41) is 0.